The van der Waals surface area contributed by atoms with Crippen molar-refractivity contribution in [1.82, 2.24) is 5.32 Å². The molecule has 0 saturated heterocycles. The number of quaternary nitrogens is 1. The molecule has 2 atom stereocenters. The van der Waals surface area contributed by atoms with Crippen LogP contribution in [0.1, 0.15) is 39.2 Å². The molecule has 8 nitrogen and oxygen atoms in total. The van der Waals surface area contributed by atoms with Gasteiger partial charge >= 0.3 is 11.9 Å². The van der Waals surface area contributed by atoms with Crippen LogP contribution in [0.4, 0.5) is 5.69 Å². The number of dihydropyridines is 1. The van der Waals surface area contributed by atoms with Crippen LogP contribution in [0.3, 0.4) is 0 Å². The molecule has 1 aliphatic heterocycles. The van der Waals surface area contributed by atoms with Crippen molar-refractivity contribution in [2.45, 2.75) is 33.6 Å². The van der Waals surface area contributed by atoms with E-state index >= 15 is 0 Å². The van der Waals surface area contributed by atoms with Gasteiger partial charge in [0.05, 0.1) is 30.8 Å². The molecule has 0 aliphatic carbocycles. The lowest BCUT2D eigenvalue weighted by molar-refractivity contribution is -0.991. The molecule has 1 aromatic carbocycles. The number of allylic oxidation sites excluding steroid dienone is 2. The van der Waals surface area contributed by atoms with Crippen molar-refractivity contribution in [1.29, 1.82) is 0 Å². The summed E-state index contributed by atoms with van der Waals surface area (Å²) >= 11 is 0. The summed E-state index contributed by atoms with van der Waals surface area (Å²) in [5, 5.41) is 22.7. The summed E-state index contributed by atoms with van der Waals surface area (Å²) in [6.45, 7) is 7.50. The predicted molar refractivity (Wildman–Crippen MR) is 101 cm³/mol. The van der Waals surface area contributed by atoms with E-state index < -0.39 is 23.1 Å². The Morgan fingerprint density at radius 1 is 1.21 bits per heavy atom. The van der Waals surface area contributed by atoms with E-state index in [1.165, 1.54) is 19.2 Å². The molecule has 1 heterocycles. The van der Waals surface area contributed by atoms with Gasteiger partial charge in [0.1, 0.15) is 0 Å². The van der Waals surface area contributed by atoms with E-state index in [-0.39, 0.29) is 29.4 Å². The van der Waals surface area contributed by atoms with Crippen LogP contribution in [0.25, 0.3) is 0 Å². The number of esters is 2. The Bertz CT molecular complexity index is 826. The van der Waals surface area contributed by atoms with Gasteiger partial charge in [-0.2, -0.15) is 5.23 Å². The zero-order valence-corrected chi connectivity index (χ0v) is 16.7. The lowest BCUT2D eigenvalue weighted by Gasteiger charge is -2.30. The van der Waals surface area contributed by atoms with Crippen LogP contribution in [0, 0.1) is 11.1 Å². The van der Waals surface area contributed by atoms with Crippen molar-refractivity contribution in [2.24, 2.45) is 5.92 Å². The second kappa shape index (κ2) is 9.01. The van der Waals surface area contributed by atoms with Crippen LogP contribution < -0.4 is 10.5 Å². The van der Waals surface area contributed by atoms with Gasteiger partial charge in [0, 0.05) is 23.5 Å². The fourth-order valence-corrected chi connectivity index (χ4v) is 3.15. The Hall–Kier alpha value is -2.68. The summed E-state index contributed by atoms with van der Waals surface area (Å²) in [6, 6.07) is 6.17. The minimum Gasteiger partial charge on any atom is -0.595 e. The van der Waals surface area contributed by atoms with Gasteiger partial charge in [-0.15, -0.1) is 0 Å². The van der Waals surface area contributed by atoms with Crippen LogP contribution >= 0.6 is 0 Å². The Kier molecular flexibility index (Phi) is 6.95. The molecule has 1 aromatic rings. The average Bonchev–Trinajstić information content (AvgIpc) is 2.65. The zero-order valence-electron chi connectivity index (χ0n) is 16.7. The summed E-state index contributed by atoms with van der Waals surface area (Å²) in [4.78, 5) is 25.4. The van der Waals surface area contributed by atoms with E-state index in [0.717, 1.165) is 0 Å². The van der Waals surface area contributed by atoms with E-state index in [2.05, 4.69) is 5.32 Å². The summed E-state index contributed by atoms with van der Waals surface area (Å²) in [7, 11) is 1.26. The monoisotopic (exact) mass is 390 g/mol. The number of nitrogens with one attached hydrogen (secondary N) is 2. The van der Waals surface area contributed by atoms with Gasteiger partial charge in [0.25, 0.3) is 0 Å². The minimum atomic E-state index is -1.10. The molecular formula is C20H26N2O6. The molecule has 0 saturated carbocycles. The largest absolute Gasteiger partial charge is 0.595 e. The third kappa shape index (κ3) is 4.59. The first-order valence-corrected chi connectivity index (χ1v) is 8.94. The molecule has 0 amide bonds. The number of carbonyl (C=O) groups excluding carboxylic acids is 2. The lowest BCUT2D eigenvalue weighted by atomic mass is 9.80. The maximum atomic E-state index is 12.9. The number of rotatable bonds is 6. The molecule has 3 N–H and O–H groups in total. The number of hydrogen-bond acceptors (Lipinski definition) is 7. The van der Waals surface area contributed by atoms with Crippen LogP contribution in [0.2, 0.25) is 0 Å². The summed E-state index contributed by atoms with van der Waals surface area (Å²) in [5.41, 5.74) is 2.14. The highest BCUT2D eigenvalue weighted by Crippen LogP contribution is 2.39. The van der Waals surface area contributed by atoms with Crippen LogP contribution in [-0.2, 0) is 19.1 Å². The maximum absolute atomic E-state index is 12.9. The van der Waals surface area contributed by atoms with Crippen molar-refractivity contribution >= 4 is 17.6 Å². The topological polar surface area (TPSA) is 112 Å². The molecule has 8 heteroatoms. The van der Waals surface area contributed by atoms with E-state index in [9.17, 15) is 20.0 Å². The first kappa shape index (κ1) is 21.6. The highest BCUT2D eigenvalue weighted by molar-refractivity contribution is 5.99. The van der Waals surface area contributed by atoms with Crippen molar-refractivity contribution in [3.63, 3.8) is 0 Å². The van der Waals surface area contributed by atoms with Crippen molar-refractivity contribution in [3.05, 3.63) is 57.6 Å². The van der Waals surface area contributed by atoms with E-state index in [1.54, 1.807) is 26.0 Å². The molecule has 0 aromatic heterocycles. The second-order valence-corrected chi connectivity index (χ2v) is 7.05. The fourth-order valence-electron chi connectivity index (χ4n) is 3.15. The van der Waals surface area contributed by atoms with E-state index in [4.69, 9.17) is 9.47 Å². The third-order valence-electron chi connectivity index (χ3n) is 4.40. The maximum Gasteiger partial charge on any atom is 0.336 e. The van der Waals surface area contributed by atoms with Crippen molar-refractivity contribution in [2.75, 3.05) is 13.7 Å². The van der Waals surface area contributed by atoms with Crippen LogP contribution in [0.5, 0.6) is 0 Å². The number of benzene rings is 1. The fraction of sp³-hybridized carbons (Fsp3) is 0.400. The van der Waals surface area contributed by atoms with Gasteiger partial charge in [-0.25, -0.2) is 14.8 Å². The quantitative estimate of drug-likeness (QED) is 0.500. The van der Waals surface area contributed by atoms with Gasteiger partial charge in [-0.05, 0) is 25.3 Å². The summed E-state index contributed by atoms with van der Waals surface area (Å²) in [6.07, 6.45) is 0. The number of ether oxygens (including phenoxy) is 2. The minimum absolute atomic E-state index is 0.0606. The molecule has 2 unspecified atom stereocenters. The highest BCUT2D eigenvalue weighted by atomic mass is 16.8. The highest BCUT2D eigenvalue weighted by Gasteiger charge is 2.38. The molecule has 0 bridgehead atoms. The Morgan fingerprint density at radius 2 is 1.82 bits per heavy atom. The molecular weight excluding hydrogens is 364 g/mol. The lowest BCUT2D eigenvalue weighted by Crippen LogP contribution is -2.99. The number of hydrogen-bond donors (Lipinski definition) is 3. The normalized spacial score (nSPS) is 18.1. The smallest absolute Gasteiger partial charge is 0.336 e. The molecule has 152 valence electrons. The summed E-state index contributed by atoms with van der Waals surface area (Å²) in [5.74, 6) is -1.81. The van der Waals surface area contributed by atoms with Gasteiger partial charge in [-0.3, -0.25) is 0 Å². The standard InChI is InChI=1S/C20H26N2O6/c1-11(2)10-28-20(24)17-13(4)21-12(3)16(19(23)27-5)18(17)14-7-6-8-15(9-14)22(25)26/h6-9,11,18,21-22,25H,10H2,1-5H3. The summed E-state index contributed by atoms with van der Waals surface area (Å²) < 4.78 is 10.3. The van der Waals surface area contributed by atoms with E-state index in [0.29, 0.717) is 17.0 Å². The average molecular weight is 390 g/mol. The molecule has 0 radical (unpaired) electrons. The number of carbonyl (C=O) groups is 2. The molecule has 0 spiro atoms. The Labute approximate surface area is 164 Å². The number of methoxy groups -OCH3 is 1. The Morgan fingerprint density at radius 3 is 2.36 bits per heavy atom. The second-order valence-electron chi connectivity index (χ2n) is 7.05. The van der Waals surface area contributed by atoms with Gasteiger partial charge in [-0.1, -0.05) is 26.0 Å². The van der Waals surface area contributed by atoms with Gasteiger partial charge in [0.15, 0.2) is 5.69 Å². The van der Waals surface area contributed by atoms with E-state index in [1.807, 2.05) is 13.8 Å². The van der Waals surface area contributed by atoms with Crippen molar-refractivity contribution < 1.29 is 29.5 Å². The molecule has 0 fully saturated rings. The van der Waals surface area contributed by atoms with Crippen molar-refractivity contribution in [3.8, 4) is 0 Å². The first-order chi connectivity index (χ1) is 13.2. The Balaban J connectivity index is 2.61. The SMILES string of the molecule is COC(=O)C1=C(C)NC(C)=C(C(=O)OCC(C)C)C1c1cccc([NH+]([O-])O)c1. The van der Waals surface area contributed by atoms with Crippen LogP contribution in [-0.4, -0.2) is 30.9 Å². The zero-order chi connectivity index (χ0) is 21.0. The molecule has 2 rings (SSSR count). The predicted octanol–water partition coefficient (Wildman–Crippen LogP) is 1.70. The first-order valence-electron chi connectivity index (χ1n) is 8.94. The van der Waals surface area contributed by atoms with Crippen LogP contribution in [0.15, 0.2) is 46.8 Å². The molecule has 1 aliphatic rings. The molecule has 28 heavy (non-hydrogen) atoms. The van der Waals surface area contributed by atoms with Gasteiger partial charge in [0.2, 0.25) is 0 Å². The third-order valence-corrected chi connectivity index (χ3v) is 4.40. The van der Waals surface area contributed by atoms with Gasteiger partial charge < -0.3 is 20.0 Å².